The minimum Gasteiger partial charge on any atom is -0.353 e. The van der Waals surface area contributed by atoms with Gasteiger partial charge in [-0.3, -0.25) is 9.78 Å². The van der Waals surface area contributed by atoms with Crippen LogP contribution in [0, 0.1) is 6.92 Å². The number of carbonyl (C=O) groups is 1. The van der Waals surface area contributed by atoms with E-state index in [4.69, 9.17) is 4.52 Å². The predicted octanol–water partition coefficient (Wildman–Crippen LogP) is 2.60. The van der Waals surface area contributed by atoms with E-state index in [1.165, 1.54) is 0 Å². The van der Waals surface area contributed by atoms with Crippen LogP contribution < -0.4 is 10.2 Å². The molecule has 144 valence electrons. The monoisotopic (exact) mass is 378 g/mol. The number of rotatable bonds is 4. The summed E-state index contributed by atoms with van der Waals surface area (Å²) < 4.78 is 5.36. The van der Waals surface area contributed by atoms with Crippen molar-refractivity contribution in [3.63, 3.8) is 0 Å². The number of fused-ring (bicyclic) bond motifs is 1. The number of pyridine rings is 1. The topological polar surface area (TPSA) is 97.0 Å². The molecule has 1 saturated carbocycles. The van der Waals surface area contributed by atoms with Crippen molar-refractivity contribution in [3.05, 3.63) is 41.6 Å². The second-order valence-electron chi connectivity index (χ2n) is 7.64. The van der Waals surface area contributed by atoms with E-state index in [0.717, 1.165) is 50.3 Å². The van der Waals surface area contributed by atoms with E-state index < -0.39 is 0 Å². The molecule has 0 radical (unpaired) electrons. The fourth-order valence-electron chi connectivity index (χ4n) is 3.90. The smallest absolute Gasteiger partial charge is 0.259 e. The van der Waals surface area contributed by atoms with Gasteiger partial charge in [-0.05, 0) is 38.7 Å². The van der Waals surface area contributed by atoms with Crippen LogP contribution in [0.5, 0.6) is 0 Å². The minimum absolute atomic E-state index is 0.0519. The van der Waals surface area contributed by atoms with Crippen molar-refractivity contribution in [1.29, 1.82) is 0 Å². The molecule has 0 aromatic carbocycles. The van der Waals surface area contributed by atoms with Crippen LogP contribution in [0.4, 0.5) is 5.82 Å². The zero-order valence-corrected chi connectivity index (χ0v) is 15.8. The molecule has 4 heterocycles. The predicted molar refractivity (Wildman–Crippen MR) is 103 cm³/mol. The quantitative estimate of drug-likeness (QED) is 0.745. The second kappa shape index (κ2) is 6.85. The molecule has 0 bridgehead atoms. The summed E-state index contributed by atoms with van der Waals surface area (Å²) in [6.07, 6.45) is 9.28. The molecule has 3 aromatic heterocycles. The number of nitrogens with zero attached hydrogens (tertiary/aromatic N) is 5. The highest BCUT2D eigenvalue weighted by atomic mass is 16.5. The number of nitrogens with one attached hydrogen (secondary N) is 1. The van der Waals surface area contributed by atoms with Crippen molar-refractivity contribution in [3.8, 4) is 0 Å². The fraction of sp³-hybridized carbons (Fsp3) is 0.450. The molecular weight excluding hydrogens is 356 g/mol. The lowest BCUT2D eigenvalue weighted by Gasteiger charge is -2.33. The van der Waals surface area contributed by atoms with Crippen LogP contribution in [0.2, 0.25) is 0 Å². The average molecular weight is 378 g/mol. The second-order valence-corrected chi connectivity index (χ2v) is 7.64. The van der Waals surface area contributed by atoms with Gasteiger partial charge in [0.25, 0.3) is 11.6 Å². The van der Waals surface area contributed by atoms with Crippen LogP contribution in [0.1, 0.15) is 53.3 Å². The van der Waals surface area contributed by atoms with Gasteiger partial charge in [-0.25, -0.2) is 9.97 Å². The van der Waals surface area contributed by atoms with Gasteiger partial charge >= 0.3 is 0 Å². The molecule has 8 heteroatoms. The van der Waals surface area contributed by atoms with E-state index in [1.807, 2.05) is 13.0 Å². The van der Waals surface area contributed by atoms with E-state index in [-0.39, 0.29) is 11.9 Å². The first-order chi connectivity index (χ1) is 13.7. The third-order valence-electron chi connectivity index (χ3n) is 5.51. The summed E-state index contributed by atoms with van der Waals surface area (Å²) in [4.78, 5) is 28.4. The Bertz CT molecular complexity index is 1010. The number of aromatic nitrogens is 4. The Balaban J connectivity index is 1.39. The summed E-state index contributed by atoms with van der Waals surface area (Å²) >= 11 is 0. The van der Waals surface area contributed by atoms with Crippen LogP contribution in [0.25, 0.3) is 11.1 Å². The molecule has 1 amide bonds. The Morgan fingerprint density at radius 3 is 2.96 bits per heavy atom. The van der Waals surface area contributed by atoms with Crippen LogP contribution >= 0.6 is 0 Å². The zero-order valence-electron chi connectivity index (χ0n) is 15.8. The lowest BCUT2D eigenvalue weighted by molar-refractivity contribution is 0.0934. The van der Waals surface area contributed by atoms with Crippen molar-refractivity contribution in [2.45, 2.75) is 44.6 Å². The molecule has 1 unspecified atom stereocenters. The molecular formula is C20H22N6O2. The van der Waals surface area contributed by atoms with Crippen LogP contribution in [-0.4, -0.2) is 45.1 Å². The Morgan fingerprint density at radius 1 is 1.29 bits per heavy atom. The molecule has 28 heavy (non-hydrogen) atoms. The van der Waals surface area contributed by atoms with E-state index in [2.05, 4.69) is 30.3 Å². The lowest BCUT2D eigenvalue weighted by atomic mass is 10.0. The molecule has 1 saturated heterocycles. The number of amides is 1. The first kappa shape index (κ1) is 17.1. The van der Waals surface area contributed by atoms with Crippen molar-refractivity contribution >= 4 is 22.8 Å². The number of anilines is 1. The fourth-order valence-corrected chi connectivity index (χ4v) is 3.90. The molecule has 2 aliphatic rings. The Kier molecular flexibility index (Phi) is 4.18. The molecule has 1 aliphatic heterocycles. The first-order valence-corrected chi connectivity index (χ1v) is 9.78. The van der Waals surface area contributed by atoms with Gasteiger partial charge in [-0.15, -0.1) is 0 Å². The third kappa shape index (κ3) is 3.19. The Morgan fingerprint density at radius 2 is 2.18 bits per heavy atom. The minimum atomic E-state index is -0.0911. The Labute approximate surface area is 162 Å². The summed E-state index contributed by atoms with van der Waals surface area (Å²) in [7, 11) is 0. The van der Waals surface area contributed by atoms with Crippen molar-refractivity contribution in [1.82, 2.24) is 25.4 Å². The number of hydrogen-bond donors (Lipinski definition) is 1. The normalized spacial score (nSPS) is 19.8. The van der Waals surface area contributed by atoms with Gasteiger partial charge in [-0.2, -0.15) is 0 Å². The van der Waals surface area contributed by atoms with Gasteiger partial charge in [-0.1, -0.05) is 5.16 Å². The maximum absolute atomic E-state index is 13.2. The van der Waals surface area contributed by atoms with Gasteiger partial charge in [0.15, 0.2) is 0 Å². The Hall–Kier alpha value is -3.03. The van der Waals surface area contributed by atoms with E-state index in [9.17, 15) is 4.79 Å². The molecule has 0 spiro atoms. The van der Waals surface area contributed by atoms with E-state index >= 15 is 0 Å². The molecule has 3 aromatic rings. The van der Waals surface area contributed by atoms with Crippen molar-refractivity contribution < 1.29 is 9.32 Å². The molecule has 2 fully saturated rings. The standard InChI is InChI=1S/C20H22N6O2/c1-12-18-15(9-16(13-4-5-13)24-20(18)28-25-12)19(27)23-14-3-2-8-26(11-14)17-10-21-6-7-22-17/h6-7,9-10,13-14H,2-5,8,11H2,1H3,(H,23,27). The lowest BCUT2D eigenvalue weighted by Crippen LogP contribution is -2.48. The molecule has 1 N–H and O–H groups in total. The zero-order chi connectivity index (χ0) is 19.1. The summed E-state index contributed by atoms with van der Waals surface area (Å²) in [5.74, 6) is 1.19. The largest absolute Gasteiger partial charge is 0.353 e. The summed E-state index contributed by atoms with van der Waals surface area (Å²) in [5.41, 5.74) is 2.69. The number of hydrogen-bond acceptors (Lipinski definition) is 7. The van der Waals surface area contributed by atoms with E-state index in [1.54, 1.807) is 18.6 Å². The maximum Gasteiger partial charge on any atom is 0.259 e. The number of piperidine rings is 1. The first-order valence-electron chi connectivity index (χ1n) is 9.78. The number of aryl methyl sites for hydroxylation is 1. The SMILES string of the molecule is Cc1noc2nc(C3CC3)cc(C(=O)NC3CCCN(c4cnccn4)C3)c12. The summed E-state index contributed by atoms with van der Waals surface area (Å²) in [5, 5.41) is 7.93. The van der Waals surface area contributed by atoms with Gasteiger partial charge in [0, 0.05) is 43.1 Å². The van der Waals surface area contributed by atoms with Crippen LogP contribution in [-0.2, 0) is 0 Å². The highest BCUT2D eigenvalue weighted by Gasteiger charge is 2.30. The highest BCUT2D eigenvalue weighted by molar-refractivity contribution is 6.06. The number of carbonyl (C=O) groups excluding carboxylic acids is 1. The summed E-state index contributed by atoms with van der Waals surface area (Å²) in [6.45, 7) is 3.48. The van der Waals surface area contributed by atoms with Crippen molar-refractivity contribution in [2.75, 3.05) is 18.0 Å². The van der Waals surface area contributed by atoms with Gasteiger partial charge < -0.3 is 14.7 Å². The van der Waals surface area contributed by atoms with Crippen molar-refractivity contribution in [2.24, 2.45) is 0 Å². The molecule has 5 rings (SSSR count). The van der Waals surface area contributed by atoms with Crippen LogP contribution in [0.3, 0.4) is 0 Å². The maximum atomic E-state index is 13.2. The molecule has 1 atom stereocenters. The van der Waals surface area contributed by atoms with Gasteiger partial charge in [0.1, 0.15) is 5.82 Å². The summed E-state index contributed by atoms with van der Waals surface area (Å²) in [6, 6.07) is 1.97. The van der Waals surface area contributed by atoms with Gasteiger partial charge in [0.05, 0.1) is 22.8 Å². The van der Waals surface area contributed by atoms with Gasteiger partial charge in [0.2, 0.25) is 0 Å². The average Bonchev–Trinajstić information content (AvgIpc) is 3.52. The third-order valence-corrected chi connectivity index (χ3v) is 5.51. The van der Waals surface area contributed by atoms with E-state index in [0.29, 0.717) is 28.3 Å². The highest BCUT2D eigenvalue weighted by Crippen LogP contribution is 2.40. The molecule has 1 aliphatic carbocycles. The van der Waals surface area contributed by atoms with Crippen LogP contribution in [0.15, 0.2) is 29.2 Å². The molecule has 8 nitrogen and oxygen atoms in total.